The van der Waals surface area contributed by atoms with Crippen LogP contribution in [0.3, 0.4) is 0 Å². The molecule has 8 heteroatoms. The van der Waals surface area contributed by atoms with Crippen LogP contribution in [0.4, 0.5) is 11.5 Å². The van der Waals surface area contributed by atoms with E-state index in [4.69, 9.17) is 16.3 Å². The molecule has 0 bridgehead atoms. The number of non-ortho nitro benzene ring substituents is 1. The van der Waals surface area contributed by atoms with Crippen LogP contribution in [0.15, 0.2) is 24.3 Å². The predicted octanol–water partition coefficient (Wildman–Crippen LogP) is 2.97. The minimum absolute atomic E-state index is 0.0667. The van der Waals surface area contributed by atoms with E-state index in [1.54, 1.807) is 13.1 Å². The summed E-state index contributed by atoms with van der Waals surface area (Å²) in [5.74, 6) is 1.36. The van der Waals surface area contributed by atoms with Gasteiger partial charge in [0.25, 0.3) is 5.69 Å². The number of hydrogen-bond donors (Lipinski definition) is 1. The van der Waals surface area contributed by atoms with Crippen LogP contribution >= 0.6 is 11.6 Å². The number of anilines is 1. The molecule has 2 aromatic rings. The summed E-state index contributed by atoms with van der Waals surface area (Å²) in [6.45, 7) is 1.91. The molecule has 0 spiro atoms. The van der Waals surface area contributed by atoms with Crippen LogP contribution in [-0.4, -0.2) is 21.9 Å². The lowest BCUT2D eigenvalue weighted by molar-refractivity contribution is -0.384. The zero-order valence-electron chi connectivity index (χ0n) is 11.5. The van der Waals surface area contributed by atoms with Crippen LogP contribution in [0.25, 0.3) is 0 Å². The Balaban J connectivity index is 2.18. The third kappa shape index (κ3) is 3.79. The Morgan fingerprint density at radius 1 is 1.38 bits per heavy atom. The first-order chi connectivity index (χ1) is 9.99. The third-order valence-corrected chi connectivity index (χ3v) is 2.95. The molecule has 2 rings (SSSR count). The summed E-state index contributed by atoms with van der Waals surface area (Å²) in [6, 6.07) is 5.81. The normalized spacial score (nSPS) is 10.2. The summed E-state index contributed by atoms with van der Waals surface area (Å²) in [4.78, 5) is 18.7. The van der Waals surface area contributed by atoms with Gasteiger partial charge in [-0.3, -0.25) is 10.1 Å². The standard InChI is InChI=1S/C13H13ClN4O3/c1-8-5-12(15-2)17-13(16-8)7-21-11-6-9(18(19)20)3-4-10(11)14/h3-6H,7H2,1-2H3,(H,15,16,17). The van der Waals surface area contributed by atoms with Gasteiger partial charge < -0.3 is 10.1 Å². The van der Waals surface area contributed by atoms with Gasteiger partial charge in [0.05, 0.1) is 16.0 Å². The minimum atomic E-state index is -0.508. The van der Waals surface area contributed by atoms with Crippen molar-refractivity contribution >= 4 is 23.1 Å². The van der Waals surface area contributed by atoms with Crippen molar-refractivity contribution in [3.8, 4) is 5.75 Å². The molecule has 0 aliphatic carbocycles. The van der Waals surface area contributed by atoms with E-state index in [0.717, 1.165) is 5.69 Å². The molecule has 0 aliphatic rings. The quantitative estimate of drug-likeness (QED) is 0.674. The molecule has 1 aromatic carbocycles. The summed E-state index contributed by atoms with van der Waals surface area (Å²) in [6.07, 6.45) is 0. The number of nitro groups is 1. The lowest BCUT2D eigenvalue weighted by Gasteiger charge is -2.09. The molecule has 7 nitrogen and oxygen atoms in total. The van der Waals surface area contributed by atoms with Crippen molar-refractivity contribution in [3.63, 3.8) is 0 Å². The number of aromatic nitrogens is 2. The van der Waals surface area contributed by atoms with Crippen molar-refractivity contribution in [2.24, 2.45) is 0 Å². The van der Waals surface area contributed by atoms with Crippen molar-refractivity contribution in [2.75, 3.05) is 12.4 Å². The average Bonchev–Trinajstić information content (AvgIpc) is 2.45. The van der Waals surface area contributed by atoms with Crippen LogP contribution in [0.1, 0.15) is 11.5 Å². The van der Waals surface area contributed by atoms with E-state index in [1.807, 2.05) is 6.92 Å². The van der Waals surface area contributed by atoms with Gasteiger partial charge in [-0.1, -0.05) is 11.6 Å². The van der Waals surface area contributed by atoms with E-state index in [2.05, 4.69) is 15.3 Å². The number of nitrogens with one attached hydrogen (secondary N) is 1. The van der Waals surface area contributed by atoms with E-state index in [-0.39, 0.29) is 18.0 Å². The summed E-state index contributed by atoms with van der Waals surface area (Å²) in [5.41, 5.74) is 0.702. The Hall–Kier alpha value is -2.41. The first-order valence-corrected chi connectivity index (χ1v) is 6.46. The van der Waals surface area contributed by atoms with Gasteiger partial charge in [-0.15, -0.1) is 0 Å². The van der Waals surface area contributed by atoms with Crippen LogP contribution < -0.4 is 10.1 Å². The maximum Gasteiger partial charge on any atom is 0.273 e. The van der Waals surface area contributed by atoms with Gasteiger partial charge in [-0.25, -0.2) is 9.97 Å². The molecule has 1 heterocycles. The number of rotatable bonds is 5. The van der Waals surface area contributed by atoms with Gasteiger partial charge in [0.2, 0.25) is 0 Å². The Morgan fingerprint density at radius 2 is 2.14 bits per heavy atom. The number of aryl methyl sites for hydroxylation is 1. The van der Waals surface area contributed by atoms with Gasteiger partial charge in [0.15, 0.2) is 5.82 Å². The summed E-state index contributed by atoms with van der Waals surface area (Å²) in [7, 11) is 1.75. The highest BCUT2D eigenvalue weighted by atomic mass is 35.5. The maximum atomic E-state index is 10.7. The zero-order chi connectivity index (χ0) is 15.4. The van der Waals surface area contributed by atoms with Gasteiger partial charge in [0.1, 0.15) is 18.2 Å². The minimum Gasteiger partial charge on any atom is -0.484 e. The third-order valence-electron chi connectivity index (χ3n) is 2.64. The number of hydrogen-bond acceptors (Lipinski definition) is 6. The lowest BCUT2D eigenvalue weighted by Crippen LogP contribution is -2.05. The smallest absolute Gasteiger partial charge is 0.273 e. The number of benzene rings is 1. The van der Waals surface area contributed by atoms with Gasteiger partial charge in [-0.05, 0) is 13.0 Å². The van der Waals surface area contributed by atoms with E-state index in [0.29, 0.717) is 16.7 Å². The van der Waals surface area contributed by atoms with Gasteiger partial charge in [0, 0.05) is 24.9 Å². The molecule has 0 radical (unpaired) electrons. The van der Waals surface area contributed by atoms with Crippen molar-refractivity contribution < 1.29 is 9.66 Å². The molecule has 0 aliphatic heterocycles. The van der Waals surface area contributed by atoms with Crippen molar-refractivity contribution in [2.45, 2.75) is 13.5 Å². The van der Waals surface area contributed by atoms with Crippen molar-refractivity contribution in [1.29, 1.82) is 0 Å². The Morgan fingerprint density at radius 3 is 2.81 bits per heavy atom. The second-order valence-electron chi connectivity index (χ2n) is 4.22. The summed E-state index contributed by atoms with van der Waals surface area (Å²) >= 11 is 5.96. The Kier molecular flexibility index (Phi) is 4.54. The molecule has 0 saturated carbocycles. The Bertz CT molecular complexity index is 678. The van der Waals surface area contributed by atoms with E-state index < -0.39 is 4.92 Å². The lowest BCUT2D eigenvalue weighted by atomic mass is 10.3. The zero-order valence-corrected chi connectivity index (χ0v) is 12.2. The van der Waals surface area contributed by atoms with Crippen LogP contribution in [0.2, 0.25) is 5.02 Å². The first kappa shape index (κ1) is 15.0. The molecule has 0 atom stereocenters. The molecule has 0 unspecified atom stereocenters. The molecule has 1 aromatic heterocycles. The van der Waals surface area contributed by atoms with Crippen LogP contribution in [0.5, 0.6) is 5.75 Å². The number of nitrogens with zero attached hydrogens (tertiary/aromatic N) is 3. The second-order valence-corrected chi connectivity index (χ2v) is 4.63. The fourth-order valence-corrected chi connectivity index (χ4v) is 1.85. The SMILES string of the molecule is CNc1cc(C)nc(COc2cc([N+](=O)[O-])ccc2Cl)n1. The fourth-order valence-electron chi connectivity index (χ4n) is 1.68. The largest absolute Gasteiger partial charge is 0.484 e. The highest BCUT2D eigenvalue weighted by Gasteiger charge is 2.11. The molecule has 21 heavy (non-hydrogen) atoms. The number of nitro benzene ring substituents is 1. The highest BCUT2D eigenvalue weighted by molar-refractivity contribution is 6.32. The van der Waals surface area contributed by atoms with Gasteiger partial charge >= 0.3 is 0 Å². The topological polar surface area (TPSA) is 90.2 Å². The first-order valence-electron chi connectivity index (χ1n) is 6.08. The average molecular weight is 309 g/mol. The molecule has 0 saturated heterocycles. The van der Waals surface area contributed by atoms with E-state index >= 15 is 0 Å². The van der Waals surface area contributed by atoms with Gasteiger partial charge in [-0.2, -0.15) is 0 Å². The van der Waals surface area contributed by atoms with E-state index in [1.165, 1.54) is 18.2 Å². The van der Waals surface area contributed by atoms with Crippen LogP contribution in [0, 0.1) is 17.0 Å². The summed E-state index contributed by atoms with van der Waals surface area (Å²) < 4.78 is 5.48. The monoisotopic (exact) mass is 308 g/mol. The molecule has 110 valence electrons. The Labute approximate surface area is 126 Å². The molecular formula is C13H13ClN4O3. The maximum absolute atomic E-state index is 10.7. The van der Waals surface area contributed by atoms with Crippen molar-refractivity contribution in [1.82, 2.24) is 9.97 Å². The fraction of sp³-hybridized carbons (Fsp3) is 0.231. The highest BCUT2D eigenvalue weighted by Crippen LogP contribution is 2.29. The summed E-state index contributed by atoms with van der Waals surface area (Å²) in [5, 5.41) is 14.0. The second kappa shape index (κ2) is 6.36. The molecule has 0 amide bonds. The molecule has 0 fully saturated rings. The van der Waals surface area contributed by atoms with E-state index in [9.17, 15) is 10.1 Å². The van der Waals surface area contributed by atoms with Crippen LogP contribution in [-0.2, 0) is 6.61 Å². The predicted molar refractivity (Wildman–Crippen MR) is 78.8 cm³/mol. The number of ether oxygens (including phenoxy) is 1. The molecule has 1 N–H and O–H groups in total. The number of halogens is 1. The van der Waals surface area contributed by atoms with Crippen molar-refractivity contribution in [3.05, 3.63) is 50.9 Å². The molecular weight excluding hydrogens is 296 g/mol.